The maximum atomic E-state index is 12.7. The second-order valence-electron chi connectivity index (χ2n) is 4.57. The number of rotatable bonds is 6. The maximum Gasteiger partial charge on any atom is 0.321 e. The van der Waals surface area contributed by atoms with E-state index in [1.807, 2.05) is 0 Å². The number of sulfonamides is 1. The van der Waals surface area contributed by atoms with Gasteiger partial charge < -0.3 is 4.74 Å². The summed E-state index contributed by atoms with van der Waals surface area (Å²) >= 11 is 3.18. The smallest absolute Gasteiger partial charge is 0.321 e. The van der Waals surface area contributed by atoms with E-state index < -0.39 is 22.5 Å². The topological polar surface area (TPSA) is 72.5 Å². The molecule has 0 saturated heterocycles. The number of esters is 1. The van der Waals surface area contributed by atoms with E-state index in [1.54, 1.807) is 12.1 Å². The molecule has 122 valence electrons. The Kier molecular flexibility index (Phi) is 5.86. The van der Waals surface area contributed by atoms with E-state index >= 15 is 0 Å². The molecule has 0 aliphatic heterocycles. The van der Waals surface area contributed by atoms with Crippen LogP contribution in [0.3, 0.4) is 0 Å². The summed E-state index contributed by atoms with van der Waals surface area (Å²) in [5, 5.41) is 0. The van der Waals surface area contributed by atoms with Crippen LogP contribution in [0, 0.1) is 5.82 Å². The fourth-order valence-corrected chi connectivity index (χ4v) is 3.23. The molecule has 0 saturated carbocycles. The summed E-state index contributed by atoms with van der Waals surface area (Å²) in [4.78, 5) is 11.6. The van der Waals surface area contributed by atoms with Crippen molar-refractivity contribution in [3.8, 4) is 0 Å². The van der Waals surface area contributed by atoms with Crippen molar-refractivity contribution in [3.05, 3.63) is 64.4 Å². The Morgan fingerprint density at radius 1 is 1.17 bits per heavy atom. The molecule has 0 aromatic heterocycles. The summed E-state index contributed by atoms with van der Waals surface area (Å²) in [7, 11) is -3.80. The molecule has 5 nitrogen and oxygen atoms in total. The Hall–Kier alpha value is -1.77. The first-order valence-electron chi connectivity index (χ1n) is 6.52. The quantitative estimate of drug-likeness (QED) is 0.755. The molecule has 0 heterocycles. The fraction of sp³-hybridized carbons (Fsp3) is 0.133. The third kappa shape index (κ3) is 5.42. The van der Waals surface area contributed by atoms with E-state index in [4.69, 9.17) is 4.74 Å². The minimum absolute atomic E-state index is 0.0400. The van der Waals surface area contributed by atoms with E-state index in [1.165, 1.54) is 36.4 Å². The van der Waals surface area contributed by atoms with Gasteiger partial charge in [0.25, 0.3) is 0 Å². The van der Waals surface area contributed by atoms with E-state index in [0.29, 0.717) is 10.0 Å². The molecule has 8 heteroatoms. The molecule has 2 aromatic rings. The Labute approximate surface area is 141 Å². The average Bonchev–Trinajstić information content (AvgIpc) is 2.52. The van der Waals surface area contributed by atoms with Crippen molar-refractivity contribution in [1.29, 1.82) is 0 Å². The minimum Gasteiger partial charge on any atom is -0.460 e. The highest BCUT2D eigenvalue weighted by Crippen LogP contribution is 2.15. The van der Waals surface area contributed by atoms with Gasteiger partial charge in [0.15, 0.2) is 0 Å². The Morgan fingerprint density at radius 2 is 1.87 bits per heavy atom. The van der Waals surface area contributed by atoms with Crippen molar-refractivity contribution in [2.75, 3.05) is 6.54 Å². The highest BCUT2D eigenvalue weighted by molar-refractivity contribution is 9.10. The Morgan fingerprint density at radius 3 is 2.52 bits per heavy atom. The van der Waals surface area contributed by atoms with Gasteiger partial charge in [0.05, 0.1) is 4.90 Å². The number of hydrogen-bond donors (Lipinski definition) is 1. The van der Waals surface area contributed by atoms with Gasteiger partial charge in [-0.2, -0.15) is 4.72 Å². The number of benzene rings is 2. The van der Waals surface area contributed by atoms with Gasteiger partial charge in [-0.15, -0.1) is 0 Å². The van der Waals surface area contributed by atoms with E-state index in [-0.39, 0.29) is 17.3 Å². The zero-order valence-electron chi connectivity index (χ0n) is 11.8. The Balaban J connectivity index is 1.87. The molecule has 0 radical (unpaired) electrons. The molecular formula is C15H13BrFNO4S. The minimum atomic E-state index is -3.80. The molecule has 2 rings (SSSR count). The van der Waals surface area contributed by atoms with Crippen LogP contribution in [0.2, 0.25) is 0 Å². The number of carbonyl (C=O) groups is 1. The van der Waals surface area contributed by atoms with E-state index in [0.717, 1.165) is 0 Å². The van der Waals surface area contributed by atoms with Gasteiger partial charge in [0.2, 0.25) is 10.0 Å². The summed E-state index contributed by atoms with van der Waals surface area (Å²) in [6.45, 7) is -0.548. The summed E-state index contributed by atoms with van der Waals surface area (Å²) in [6, 6.07) is 11.6. The molecule has 0 spiro atoms. The first kappa shape index (κ1) is 17.6. The van der Waals surface area contributed by atoms with Gasteiger partial charge in [-0.05, 0) is 35.9 Å². The lowest BCUT2D eigenvalue weighted by Crippen LogP contribution is -2.30. The normalized spacial score (nSPS) is 11.2. The second kappa shape index (κ2) is 7.67. The lowest BCUT2D eigenvalue weighted by Gasteiger charge is -2.08. The molecule has 0 aliphatic carbocycles. The van der Waals surface area contributed by atoms with Crippen LogP contribution in [0.15, 0.2) is 57.9 Å². The number of ether oxygens (including phenoxy) is 1. The zero-order chi connectivity index (χ0) is 16.9. The van der Waals surface area contributed by atoms with E-state index in [9.17, 15) is 17.6 Å². The summed E-state index contributed by atoms with van der Waals surface area (Å²) < 4.78 is 44.5. The van der Waals surface area contributed by atoms with Crippen LogP contribution in [-0.4, -0.2) is 20.9 Å². The van der Waals surface area contributed by atoms with Crippen LogP contribution in [0.4, 0.5) is 4.39 Å². The monoisotopic (exact) mass is 401 g/mol. The number of halogens is 2. The van der Waals surface area contributed by atoms with Crippen molar-refractivity contribution in [2.24, 2.45) is 0 Å². The summed E-state index contributed by atoms with van der Waals surface area (Å²) in [6.07, 6.45) is 0. The molecular weight excluding hydrogens is 389 g/mol. The molecule has 0 fully saturated rings. The van der Waals surface area contributed by atoms with Crippen LogP contribution in [0.5, 0.6) is 0 Å². The SMILES string of the molecule is O=C(CNS(=O)(=O)c1cccc(Br)c1)OCc1ccc(F)cc1. The van der Waals surface area contributed by atoms with Gasteiger partial charge >= 0.3 is 5.97 Å². The van der Waals surface area contributed by atoms with Crippen molar-refractivity contribution in [2.45, 2.75) is 11.5 Å². The van der Waals surface area contributed by atoms with Crippen LogP contribution in [-0.2, 0) is 26.2 Å². The van der Waals surface area contributed by atoms with Gasteiger partial charge in [0, 0.05) is 4.47 Å². The van der Waals surface area contributed by atoms with Gasteiger partial charge in [0.1, 0.15) is 19.0 Å². The number of hydrogen-bond acceptors (Lipinski definition) is 4. The predicted octanol–water partition coefficient (Wildman–Crippen LogP) is 2.61. The van der Waals surface area contributed by atoms with Gasteiger partial charge in [-0.1, -0.05) is 34.1 Å². The average molecular weight is 402 g/mol. The fourth-order valence-electron chi connectivity index (χ4n) is 1.67. The van der Waals surface area contributed by atoms with Crippen molar-refractivity contribution in [3.63, 3.8) is 0 Å². The third-order valence-electron chi connectivity index (χ3n) is 2.83. The lowest BCUT2D eigenvalue weighted by molar-refractivity contribution is -0.143. The summed E-state index contributed by atoms with van der Waals surface area (Å²) in [5.74, 6) is -1.12. The molecule has 0 atom stereocenters. The first-order valence-corrected chi connectivity index (χ1v) is 8.80. The van der Waals surface area contributed by atoms with E-state index in [2.05, 4.69) is 20.7 Å². The molecule has 0 aliphatic rings. The zero-order valence-corrected chi connectivity index (χ0v) is 14.2. The summed E-state index contributed by atoms with van der Waals surface area (Å²) in [5.41, 5.74) is 0.606. The van der Waals surface area contributed by atoms with Crippen LogP contribution < -0.4 is 4.72 Å². The highest BCUT2D eigenvalue weighted by Gasteiger charge is 2.16. The van der Waals surface area contributed by atoms with Crippen LogP contribution in [0.1, 0.15) is 5.56 Å². The standard InChI is InChI=1S/C15H13BrFNO4S/c16-12-2-1-3-14(8-12)23(20,21)18-9-15(19)22-10-11-4-6-13(17)7-5-11/h1-8,18H,9-10H2. The molecule has 0 amide bonds. The predicted molar refractivity (Wildman–Crippen MR) is 85.5 cm³/mol. The maximum absolute atomic E-state index is 12.7. The largest absolute Gasteiger partial charge is 0.460 e. The molecule has 1 N–H and O–H groups in total. The van der Waals surface area contributed by atoms with Gasteiger partial charge in [-0.25, -0.2) is 12.8 Å². The van der Waals surface area contributed by atoms with Crippen LogP contribution in [0.25, 0.3) is 0 Å². The Bertz CT molecular complexity index is 793. The van der Waals surface area contributed by atoms with Gasteiger partial charge in [-0.3, -0.25) is 4.79 Å². The lowest BCUT2D eigenvalue weighted by atomic mass is 10.2. The highest BCUT2D eigenvalue weighted by atomic mass is 79.9. The van der Waals surface area contributed by atoms with Crippen LogP contribution >= 0.6 is 15.9 Å². The molecule has 23 heavy (non-hydrogen) atoms. The first-order chi connectivity index (χ1) is 10.9. The van der Waals surface area contributed by atoms with Crippen molar-refractivity contribution < 1.29 is 22.3 Å². The van der Waals surface area contributed by atoms with Crippen molar-refractivity contribution in [1.82, 2.24) is 4.72 Å². The molecule has 0 unspecified atom stereocenters. The third-order valence-corrected chi connectivity index (χ3v) is 4.72. The second-order valence-corrected chi connectivity index (χ2v) is 7.25. The molecule has 0 bridgehead atoms. The number of nitrogens with one attached hydrogen (secondary N) is 1. The number of carbonyl (C=O) groups excluding carboxylic acids is 1. The molecule has 2 aromatic carbocycles. The van der Waals surface area contributed by atoms with Crippen molar-refractivity contribution >= 4 is 31.9 Å².